The smallest absolute Gasteiger partial charge is 0.133 e. The molecule has 4 heteroatoms. The third kappa shape index (κ3) is 2.93. The molecule has 1 atom stereocenters. The second kappa shape index (κ2) is 4.96. The van der Waals surface area contributed by atoms with E-state index in [1.165, 1.54) is 0 Å². The zero-order valence-electron chi connectivity index (χ0n) is 9.17. The van der Waals surface area contributed by atoms with Gasteiger partial charge in [-0.25, -0.2) is 0 Å². The quantitative estimate of drug-likeness (QED) is 0.881. The number of hydrogen-bond donors (Lipinski definition) is 2. The van der Waals surface area contributed by atoms with E-state index in [9.17, 15) is 5.11 Å². The second-order valence-corrected chi connectivity index (χ2v) is 4.51. The lowest BCUT2D eigenvalue weighted by atomic mass is 9.96. The summed E-state index contributed by atoms with van der Waals surface area (Å²) >= 11 is 3.39. The minimum atomic E-state index is -0.871. The van der Waals surface area contributed by atoms with Crippen LogP contribution in [0, 0.1) is 0 Å². The van der Waals surface area contributed by atoms with E-state index < -0.39 is 5.60 Å². The van der Waals surface area contributed by atoms with Crippen LogP contribution in [0.2, 0.25) is 0 Å². The summed E-state index contributed by atoms with van der Waals surface area (Å²) in [6, 6.07) is 5.57. The lowest BCUT2D eigenvalue weighted by molar-refractivity contribution is 0.0590. The van der Waals surface area contributed by atoms with Crippen LogP contribution in [0.15, 0.2) is 22.7 Å². The minimum absolute atomic E-state index is 0.506. The molecule has 15 heavy (non-hydrogen) atoms. The van der Waals surface area contributed by atoms with Crippen molar-refractivity contribution < 1.29 is 9.84 Å². The summed E-state index contributed by atoms with van der Waals surface area (Å²) in [4.78, 5) is 0. The topological polar surface area (TPSA) is 41.5 Å². The van der Waals surface area contributed by atoms with Gasteiger partial charge in [0.2, 0.25) is 0 Å². The number of methoxy groups -OCH3 is 1. The maximum Gasteiger partial charge on any atom is 0.133 e. The van der Waals surface area contributed by atoms with Gasteiger partial charge < -0.3 is 15.2 Å². The first-order valence-electron chi connectivity index (χ1n) is 4.72. The van der Waals surface area contributed by atoms with Crippen molar-refractivity contribution in [3.8, 4) is 5.75 Å². The predicted molar refractivity (Wildman–Crippen MR) is 64.2 cm³/mol. The zero-order chi connectivity index (χ0) is 11.5. The van der Waals surface area contributed by atoms with Gasteiger partial charge in [0.15, 0.2) is 0 Å². The highest BCUT2D eigenvalue weighted by molar-refractivity contribution is 9.10. The summed E-state index contributed by atoms with van der Waals surface area (Å²) in [6.07, 6.45) is 0. The Hall–Kier alpha value is -0.580. The molecular formula is C11H16BrNO2. The molecular weight excluding hydrogens is 258 g/mol. The molecule has 0 spiro atoms. The fraction of sp³-hybridized carbons (Fsp3) is 0.455. The van der Waals surface area contributed by atoms with Crippen molar-refractivity contribution in [3.05, 3.63) is 28.2 Å². The largest absolute Gasteiger partial charge is 0.496 e. The summed E-state index contributed by atoms with van der Waals surface area (Å²) in [5.41, 5.74) is -0.0201. The van der Waals surface area contributed by atoms with E-state index in [1.807, 2.05) is 25.2 Å². The van der Waals surface area contributed by atoms with E-state index >= 15 is 0 Å². The van der Waals surface area contributed by atoms with Crippen LogP contribution >= 0.6 is 15.9 Å². The molecule has 1 unspecified atom stereocenters. The van der Waals surface area contributed by atoms with Crippen molar-refractivity contribution in [2.45, 2.75) is 12.5 Å². The Balaban J connectivity index is 3.01. The molecule has 0 aromatic heterocycles. The Kier molecular flexibility index (Phi) is 4.13. The fourth-order valence-corrected chi connectivity index (χ4v) is 1.99. The molecule has 1 rings (SSSR count). The molecule has 0 amide bonds. The molecule has 1 aromatic carbocycles. The number of aliphatic hydroxyl groups is 1. The van der Waals surface area contributed by atoms with E-state index in [0.717, 1.165) is 15.8 Å². The second-order valence-electron chi connectivity index (χ2n) is 3.65. The Morgan fingerprint density at radius 3 is 2.67 bits per heavy atom. The average Bonchev–Trinajstić information content (AvgIpc) is 2.17. The van der Waals surface area contributed by atoms with Crippen LogP contribution in [-0.2, 0) is 5.60 Å². The van der Waals surface area contributed by atoms with Gasteiger partial charge in [0.1, 0.15) is 5.75 Å². The van der Waals surface area contributed by atoms with Gasteiger partial charge in [0.25, 0.3) is 0 Å². The molecule has 84 valence electrons. The Bertz CT molecular complexity index is 339. The zero-order valence-corrected chi connectivity index (χ0v) is 10.8. The Morgan fingerprint density at radius 2 is 2.20 bits per heavy atom. The summed E-state index contributed by atoms with van der Waals surface area (Å²) in [6.45, 7) is 2.28. The maximum absolute atomic E-state index is 10.1. The van der Waals surface area contributed by atoms with Gasteiger partial charge in [-0.3, -0.25) is 0 Å². The number of halogens is 1. The number of rotatable bonds is 4. The van der Waals surface area contributed by atoms with Gasteiger partial charge in [-0.15, -0.1) is 0 Å². The van der Waals surface area contributed by atoms with Crippen LogP contribution in [0.3, 0.4) is 0 Å². The number of nitrogens with one attached hydrogen (secondary N) is 1. The van der Waals surface area contributed by atoms with Crippen molar-refractivity contribution in [2.75, 3.05) is 20.7 Å². The van der Waals surface area contributed by atoms with Crippen LogP contribution in [-0.4, -0.2) is 25.8 Å². The Labute approximate surface area is 98.6 Å². The standard InChI is InChI=1S/C11H16BrNO2/c1-11(14,7-13-2)8-4-5-10(15-3)9(12)6-8/h4-6,13-14H,7H2,1-3H3. The first-order chi connectivity index (χ1) is 7.01. The number of benzene rings is 1. The van der Waals surface area contributed by atoms with E-state index in [4.69, 9.17) is 4.74 Å². The van der Waals surface area contributed by atoms with Crippen molar-refractivity contribution in [1.29, 1.82) is 0 Å². The van der Waals surface area contributed by atoms with Gasteiger partial charge in [0, 0.05) is 6.54 Å². The third-order valence-corrected chi connectivity index (χ3v) is 2.91. The van der Waals surface area contributed by atoms with E-state index in [-0.39, 0.29) is 0 Å². The monoisotopic (exact) mass is 273 g/mol. The SMILES string of the molecule is CNCC(C)(O)c1ccc(OC)c(Br)c1. The molecule has 1 aromatic rings. The van der Waals surface area contributed by atoms with Crippen molar-refractivity contribution >= 4 is 15.9 Å². The first kappa shape index (κ1) is 12.5. The molecule has 3 nitrogen and oxygen atoms in total. The van der Waals surface area contributed by atoms with Crippen LogP contribution in [0.25, 0.3) is 0 Å². The molecule has 2 N–H and O–H groups in total. The van der Waals surface area contributed by atoms with Gasteiger partial charge in [0.05, 0.1) is 17.2 Å². The lowest BCUT2D eigenvalue weighted by Crippen LogP contribution is -2.33. The van der Waals surface area contributed by atoms with Crippen molar-refractivity contribution in [1.82, 2.24) is 5.32 Å². The van der Waals surface area contributed by atoms with Crippen molar-refractivity contribution in [2.24, 2.45) is 0 Å². The van der Waals surface area contributed by atoms with Crippen LogP contribution in [0.1, 0.15) is 12.5 Å². The number of hydrogen-bond acceptors (Lipinski definition) is 3. The average molecular weight is 274 g/mol. The van der Waals surface area contributed by atoms with E-state index in [2.05, 4.69) is 21.2 Å². The van der Waals surface area contributed by atoms with Crippen LogP contribution in [0.4, 0.5) is 0 Å². The highest BCUT2D eigenvalue weighted by Crippen LogP contribution is 2.30. The lowest BCUT2D eigenvalue weighted by Gasteiger charge is -2.24. The predicted octanol–water partition coefficient (Wildman–Crippen LogP) is 1.88. The number of ether oxygens (including phenoxy) is 1. The molecule has 0 aliphatic heterocycles. The summed E-state index contributed by atoms with van der Waals surface area (Å²) < 4.78 is 5.97. The molecule has 0 saturated heterocycles. The van der Waals surface area contributed by atoms with Crippen LogP contribution in [0.5, 0.6) is 5.75 Å². The highest BCUT2D eigenvalue weighted by Gasteiger charge is 2.22. The molecule has 0 saturated carbocycles. The van der Waals surface area contributed by atoms with Gasteiger partial charge in [-0.05, 0) is 47.6 Å². The van der Waals surface area contributed by atoms with Gasteiger partial charge >= 0.3 is 0 Å². The van der Waals surface area contributed by atoms with Gasteiger partial charge in [-0.2, -0.15) is 0 Å². The molecule has 0 aliphatic carbocycles. The van der Waals surface area contributed by atoms with Crippen LogP contribution < -0.4 is 10.1 Å². The molecule has 0 radical (unpaired) electrons. The fourth-order valence-electron chi connectivity index (χ4n) is 1.45. The summed E-state index contributed by atoms with van der Waals surface area (Å²) in [5.74, 6) is 0.763. The third-order valence-electron chi connectivity index (χ3n) is 2.29. The summed E-state index contributed by atoms with van der Waals surface area (Å²) in [5, 5.41) is 13.1. The summed E-state index contributed by atoms with van der Waals surface area (Å²) in [7, 11) is 3.43. The molecule has 0 heterocycles. The maximum atomic E-state index is 10.1. The normalized spacial score (nSPS) is 14.7. The van der Waals surface area contributed by atoms with E-state index in [1.54, 1.807) is 14.0 Å². The van der Waals surface area contributed by atoms with Gasteiger partial charge in [-0.1, -0.05) is 6.07 Å². The van der Waals surface area contributed by atoms with Crippen molar-refractivity contribution in [3.63, 3.8) is 0 Å². The first-order valence-corrected chi connectivity index (χ1v) is 5.51. The molecule has 0 fully saturated rings. The molecule has 0 bridgehead atoms. The minimum Gasteiger partial charge on any atom is -0.496 e. The number of likely N-dealkylation sites (N-methyl/N-ethyl adjacent to an activating group) is 1. The highest BCUT2D eigenvalue weighted by atomic mass is 79.9. The molecule has 0 aliphatic rings. The van der Waals surface area contributed by atoms with E-state index in [0.29, 0.717) is 6.54 Å². The Morgan fingerprint density at radius 1 is 1.53 bits per heavy atom.